The fourth-order valence-electron chi connectivity index (χ4n) is 8.38. The molecule has 0 aliphatic carbocycles. The molecule has 0 saturated heterocycles. The van der Waals surface area contributed by atoms with Crippen LogP contribution >= 0.6 is 0 Å². The van der Waals surface area contributed by atoms with Crippen LogP contribution < -0.4 is 4.90 Å². The molecule has 0 amide bonds. The summed E-state index contributed by atoms with van der Waals surface area (Å²) < 4.78 is 2.38. The van der Waals surface area contributed by atoms with Crippen molar-refractivity contribution in [1.29, 1.82) is 0 Å². The molecule has 3 heterocycles. The van der Waals surface area contributed by atoms with Crippen LogP contribution in [-0.4, -0.2) is 26.1 Å². The van der Waals surface area contributed by atoms with Crippen molar-refractivity contribution in [2.24, 2.45) is 0 Å². The van der Waals surface area contributed by atoms with Gasteiger partial charge in [-0.15, -0.1) is 0 Å². The van der Waals surface area contributed by atoms with Gasteiger partial charge in [-0.05, 0) is 83.5 Å². The number of allylic oxidation sites excluding steroid dienone is 1. The van der Waals surface area contributed by atoms with Crippen molar-refractivity contribution in [3.05, 3.63) is 188 Å². The summed E-state index contributed by atoms with van der Waals surface area (Å²) in [6.45, 7) is 5.45. The summed E-state index contributed by atoms with van der Waals surface area (Å²) in [5.74, 6) is 1.90. The number of hydrogen-bond donors (Lipinski definition) is 0. The van der Waals surface area contributed by atoms with Gasteiger partial charge in [0.05, 0.1) is 16.7 Å². The van der Waals surface area contributed by atoms with Crippen LogP contribution in [0.2, 0.25) is 0 Å². The summed E-state index contributed by atoms with van der Waals surface area (Å²) in [5.41, 5.74) is 13.2. The van der Waals surface area contributed by atoms with Gasteiger partial charge in [-0.1, -0.05) is 153 Å². The van der Waals surface area contributed by atoms with Crippen molar-refractivity contribution in [2.45, 2.75) is 25.7 Å². The second-order valence-corrected chi connectivity index (χ2v) is 14.8. The number of anilines is 2. The molecule has 5 heteroatoms. The van der Waals surface area contributed by atoms with Crippen molar-refractivity contribution in [3.63, 3.8) is 0 Å². The fraction of sp³-hybridized carbons (Fsp3) is 0.0962. The first-order valence-corrected chi connectivity index (χ1v) is 19.8. The van der Waals surface area contributed by atoms with E-state index in [-0.39, 0.29) is 0 Å². The second kappa shape index (κ2) is 14.9. The quantitative estimate of drug-likeness (QED) is 0.171. The highest BCUT2D eigenvalue weighted by Crippen LogP contribution is 2.45. The lowest BCUT2D eigenvalue weighted by Crippen LogP contribution is -2.23. The van der Waals surface area contributed by atoms with Gasteiger partial charge in [0.1, 0.15) is 0 Å². The molecule has 1 aliphatic rings. The molecule has 1 aliphatic heterocycles. The first kappa shape index (κ1) is 34.4. The van der Waals surface area contributed by atoms with E-state index in [1.165, 1.54) is 10.8 Å². The molecule has 5 nitrogen and oxygen atoms in total. The van der Waals surface area contributed by atoms with Gasteiger partial charge >= 0.3 is 0 Å². The SMILES string of the molecule is C=C1CCCCCN(c2nc(-c3cccc(-c4ccccc4)c3)nc(-c3cccc(-c4ccccc4)c3)n2)c2c1ccc1c2c2ccccc2n1-c1ccccc1. The van der Waals surface area contributed by atoms with E-state index >= 15 is 0 Å². The molecule has 0 fully saturated rings. The third-order valence-corrected chi connectivity index (χ3v) is 11.2. The normalized spacial score (nSPS) is 13.3. The maximum Gasteiger partial charge on any atom is 0.234 e. The molecular formula is C52H41N5. The van der Waals surface area contributed by atoms with Crippen LogP contribution in [0.5, 0.6) is 0 Å². The molecule has 0 bridgehead atoms. The lowest BCUT2D eigenvalue weighted by molar-refractivity contribution is 0.692. The van der Waals surface area contributed by atoms with Crippen LogP contribution in [0.3, 0.4) is 0 Å². The largest absolute Gasteiger partial charge is 0.309 e. The second-order valence-electron chi connectivity index (χ2n) is 14.8. The van der Waals surface area contributed by atoms with Gasteiger partial charge in [0.15, 0.2) is 11.6 Å². The summed E-state index contributed by atoms with van der Waals surface area (Å²) in [4.78, 5) is 18.5. The Bertz CT molecular complexity index is 2800. The third kappa shape index (κ3) is 6.47. The van der Waals surface area contributed by atoms with Gasteiger partial charge in [0.25, 0.3) is 0 Å². The Morgan fingerprint density at radius 2 is 1.02 bits per heavy atom. The molecule has 57 heavy (non-hydrogen) atoms. The van der Waals surface area contributed by atoms with Gasteiger partial charge in [-0.3, -0.25) is 0 Å². The zero-order valence-corrected chi connectivity index (χ0v) is 31.7. The molecule has 0 radical (unpaired) electrons. The van der Waals surface area contributed by atoms with E-state index in [9.17, 15) is 0 Å². The number of para-hydroxylation sites is 2. The van der Waals surface area contributed by atoms with Gasteiger partial charge in [0.2, 0.25) is 5.95 Å². The minimum absolute atomic E-state index is 0.630. The molecule has 0 saturated carbocycles. The highest BCUT2D eigenvalue weighted by molar-refractivity contribution is 6.17. The zero-order chi connectivity index (χ0) is 38.1. The van der Waals surface area contributed by atoms with Crippen LogP contribution in [0.25, 0.3) is 78.1 Å². The van der Waals surface area contributed by atoms with Gasteiger partial charge in [0, 0.05) is 39.7 Å². The topological polar surface area (TPSA) is 46.8 Å². The first-order valence-electron chi connectivity index (χ1n) is 19.8. The van der Waals surface area contributed by atoms with E-state index < -0.39 is 0 Å². The molecule has 274 valence electrons. The van der Waals surface area contributed by atoms with E-state index in [1.807, 2.05) is 12.1 Å². The molecule has 0 N–H and O–H groups in total. The highest BCUT2D eigenvalue weighted by atomic mass is 15.3. The Hall–Kier alpha value is -7.11. The fourth-order valence-corrected chi connectivity index (χ4v) is 8.38. The van der Waals surface area contributed by atoms with Gasteiger partial charge < -0.3 is 9.47 Å². The Labute approximate surface area is 333 Å². The van der Waals surface area contributed by atoms with E-state index in [2.05, 4.69) is 173 Å². The zero-order valence-electron chi connectivity index (χ0n) is 31.7. The maximum atomic E-state index is 5.41. The summed E-state index contributed by atoms with van der Waals surface area (Å²) in [5, 5.41) is 2.36. The van der Waals surface area contributed by atoms with Crippen molar-refractivity contribution >= 4 is 39.0 Å². The lowest BCUT2D eigenvalue weighted by atomic mass is 9.97. The van der Waals surface area contributed by atoms with Crippen LogP contribution in [0, 0.1) is 0 Å². The van der Waals surface area contributed by atoms with E-state index in [4.69, 9.17) is 21.5 Å². The number of aromatic nitrogens is 4. The number of benzene rings is 7. The monoisotopic (exact) mass is 735 g/mol. The summed E-state index contributed by atoms with van der Waals surface area (Å²) >= 11 is 0. The van der Waals surface area contributed by atoms with Crippen molar-refractivity contribution < 1.29 is 0 Å². The average Bonchev–Trinajstić information content (AvgIpc) is 3.65. The molecule has 2 aromatic heterocycles. The van der Waals surface area contributed by atoms with Crippen molar-refractivity contribution in [3.8, 4) is 50.7 Å². The summed E-state index contributed by atoms with van der Waals surface area (Å²) in [7, 11) is 0. The molecule has 10 rings (SSSR count). The maximum absolute atomic E-state index is 5.41. The molecule has 0 unspecified atom stereocenters. The van der Waals surface area contributed by atoms with Crippen LogP contribution in [0.15, 0.2) is 183 Å². The Kier molecular flexibility index (Phi) is 8.96. The minimum atomic E-state index is 0.630. The van der Waals surface area contributed by atoms with E-state index in [0.29, 0.717) is 17.6 Å². The lowest BCUT2D eigenvalue weighted by Gasteiger charge is -2.27. The molecule has 0 spiro atoms. The molecule has 0 atom stereocenters. The standard InChI is InChI=1S/C52H41N5/c1-36-18-6-5-15-33-56(49-44(36)31-32-47-48(49)45-29-13-14-30-46(45)57(47)43-27-11-4-12-28-43)52-54-50(41-25-16-23-39(34-41)37-19-7-2-8-20-37)53-51(55-52)42-26-17-24-40(35-42)38-21-9-3-10-22-38/h2-4,7-14,16-17,19-32,34-35H,1,5-6,15,18,33H2. The van der Waals surface area contributed by atoms with E-state index in [0.717, 1.165) is 99.2 Å². The molecule has 9 aromatic rings. The smallest absolute Gasteiger partial charge is 0.234 e. The number of hydrogen-bond acceptors (Lipinski definition) is 4. The van der Waals surface area contributed by atoms with Crippen molar-refractivity contribution in [1.82, 2.24) is 19.5 Å². The third-order valence-electron chi connectivity index (χ3n) is 11.2. The Balaban J connectivity index is 1.24. The van der Waals surface area contributed by atoms with Crippen LogP contribution in [0.1, 0.15) is 31.2 Å². The van der Waals surface area contributed by atoms with Crippen LogP contribution in [-0.2, 0) is 0 Å². The minimum Gasteiger partial charge on any atom is -0.309 e. The number of rotatable bonds is 6. The predicted molar refractivity (Wildman–Crippen MR) is 237 cm³/mol. The van der Waals surface area contributed by atoms with E-state index in [1.54, 1.807) is 0 Å². The Morgan fingerprint density at radius 1 is 0.456 bits per heavy atom. The first-order chi connectivity index (χ1) is 28.2. The Morgan fingerprint density at radius 3 is 1.67 bits per heavy atom. The number of nitrogens with zero attached hydrogens (tertiary/aromatic N) is 5. The van der Waals surface area contributed by atoms with Crippen molar-refractivity contribution in [2.75, 3.05) is 11.4 Å². The predicted octanol–water partition coefficient (Wildman–Crippen LogP) is 13.4. The molecular weight excluding hydrogens is 695 g/mol. The summed E-state index contributed by atoms with van der Waals surface area (Å²) in [6, 6.07) is 62.0. The van der Waals surface area contributed by atoms with Gasteiger partial charge in [-0.25, -0.2) is 4.98 Å². The van der Waals surface area contributed by atoms with Gasteiger partial charge in [-0.2, -0.15) is 9.97 Å². The highest BCUT2D eigenvalue weighted by Gasteiger charge is 2.27. The number of fused-ring (bicyclic) bond motifs is 5. The molecule has 7 aromatic carbocycles. The van der Waals surface area contributed by atoms with Crippen LogP contribution in [0.4, 0.5) is 11.6 Å². The summed E-state index contributed by atoms with van der Waals surface area (Å²) in [6.07, 6.45) is 4.10. The average molecular weight is 736 g/mol.